The fourth-order valence-electron chi connectivity index (χ4n) is 3.06. The minimum Gasteiger partial charge on any atom is -0.379 e. The zero-order valence-electron chi connectivity index (χ0n) is 16.8. The van der Waals surface area contributed by atoms with E-state index in [4.69, 9.17) is 4.74 Å². The van der Waals surface area contributed by atoms with Crippen LogP contribution >= 0.6 is 12.4 Å². The average molecular weight is 445 g/mol. The largest absolute Gasteiger partial charge is 0.379 e. The van der Waals surface area contributed by atoms with Crippen molar-refractivity contribution in [2.75, 3.05) is 37.0 Å². The third kappa shape index (κ3) is 5.72. The lowest BCUT2D eigenvalue weighted by atomic mass is 10.1. The number of hydrazine groups is 1. The van der Waals surface area contributed by atoms with Gasteiger partial charge in [0, 0.05) is 29.9 Å². The van der Waals surface area contributed by atoms with Gasteiger partial charge >= 0.3 is 0 Å². The minimum atomic E-state index is -0.380. The molecule has 1 aromatic heterocycles. The highest BCUT2D eigenvalue weighted by atomic mass is 35.5. The molecule has 0 bridgehead atoms. The molecule has 0 aliphatic carbocycles. The van der Waals surface area contributed by atoms with Crippen molar-refractivity contribution in [2.45, 2.75) is 6.92 Å². The zero-order chi connectivity index (χ0) is 20.9. The quantitative estimate of drug-likeness (QED) is 0.556. The molecule has 0 saturated carbocycles. The fourth-order valence-corrected chi connectivity index (χ4v) is 3.06. The van der Waals surface area contributed by atoms with Gasteiger partial charge in [-0.05, 0) is 31.2 Å². The topological polar surface area (TPSA) is 92.3 Å². The number of hydrogen-bond donors (Lipinski definition) is 2. The highest BCUT2D eigenvalue weighted by Gasteiger charge is 2.16. The number of anilines is 3. The standard InChI is InChI=1S/C21H21FN6O2.ClH/c1-14(29)15-4-3-7-18(13-15)23-20-19(16-5-2-6-17(22)12-16)25-26-21(24-20)27-28-8-10-30-11-9-28;/h2-7,12-13H,8-11H2,1H3,(H2,23,24,26,27);1H. The number of nitrogens with zero attached hydrogens (tertiary/aromatic N) is 4. The zero-order valence-corrected chi connectivity index (χ0v) is 17.7. The molecular formula is C21H22ClFN6O2. The van der Waals surface area contributed by atoms with Gasteiger partial charge in [-0.25, -0.2) is 9.40 Å². The molecule has 0 amide bonds. The molecule has 0 unspecified atom stereocenters. The molecule has 1 aliphatic heterocycles. The lowest BCUT2D eigenvalue weighted by molar-refractivity contribution is 0.0492. The second kappa shape index (κ2) is 10.3. The minimum absolute atomic E-state index is 0. The number of Topliss-reactive ketones (excluding diaryl/α,β-unsaturated/α-hetero) is 1. The Kier molecular flexibility index (Phi) is 7.45. The number of morpholine rings is 1. The van der Waals surface area contributed by atoms with Crippen molar-refractivity contribution in [1.29, 1.82) is 0 Å². The van der Waals surface area contributed by atoms with Crippen LogP contribution in [0.1, 0.15) is 17.3 Å². The van der Waals surface area contributed by atoms with E-state index in [0.717, 1.165) is 0 Å². The molecule has 1 saturated heterocycles. The SMILES string of the molecule is CC(=O)c1cccc(Nc2nc(NN3CCOCC3)nnc2-c2cccc(F)c2)c1.Cl. The lowest BCUT2D eigenvalue weighted by Gasteiger charge is -2.26. The molecule has 1 fully saturated rings. The van der Waals surface area contributed by atoms with Gasteiger partial charge in [-0.15, -0.1) is 22.6 Å². The maximum atomic E-state index is 13.8. The normalized spacial score (nSPS) is 13.9. The van der Waals surface area contributed by atoms with Gasteiger partial charge in [0.1, 0.15) is 11.5 Å². The second-order valence-corrected chi connectivity index (χ2v) is 6.82. The molecule has 0 spiro atoms. The number of hydrogen-bond acceptors (Lipinski definition) is 8. The van der Waals surface area contributed by atoms with Crippen LogP contribution in [-0.2, 0) is 4.74 Å². The van der Waals surface area contributed by atoms with E-state index in [1.54, 1.807) is 30.3 Å². The molecule has 2 N–H and O–H groups in total. The van der Waals surface area contributed by atoms with Crippen molar-refractivity contribution in [3.05, 3.63) is 59.9 Å². The maximum absolute atomic E-state index is 13.8. The average Bonchev–Trinajstić information content (AvgIpc) is 2.75. The second-order valence-electron chi connectivity index (χ2n) is 6.82. The van der Waals surface area contributed by atoms with Crippen LogP contribution in [0.2, 0.25) is 0 Å². The molecular weight excluding hydrogens is 423 g/mol. The van der Waals surface area contributed by atoms with Crippen LogP contribution in [0.5, 0.6) is 0 Å². The Morgan fingerprint density at radius 3 is 2.61 bits per heavy atom. The third-order valence-corrected chi connectivity index (χ3v) is 4.59. The van der Waals surface area contributed by atoms with Crippen molar-refractivity contribution in [2.24, 2.45) is 0 Å². The molecule has 8 nitrogen and oxygen atoms in total. The molecule has 0 atom stereocenters. The van der Waals surface area contributed by atoms with E-state index in [9.17, 15) is 9.18 Å². The first-order chi connectivity index (χ1) is 14.6. The summed E-state index contributed by atoms with van der Waals surface area (Å²) in [5.41, 5.74) is 5.30. The summed E-state index contributed by atoms with van der Waals surface area (Å²) in [4.78, 5) is 16.3. The molecule has 3 aromatic rings. The van der Waals surface area contributed by atoms with Gasteiger partial charge in [-0.1, -0.05) is 24.3 Å². The Bertz CT molecular complexity index is 1060. The van der Waals surface area contributed by atoms with Gasteiger partial charge in [-0.3, -0.25) is 10.2 Å². The van der Waals surface area contributed by atoms with Gasteiger partial charge in [0.15, 0.2) is 11.6 Å². The van der Waals surface area contributed by atoms with Crippen LogP contribution in [0, 0.1) is 5.82 Å². The maximum Gasteiger partial charge on any atom is 0.259 e. The fraction of sp³-hybridized carbons (Fsp3) is 0.238. The molecule has 162 valence electrons. The number of carbonyl (C=O) groups excluding carboxylic acids is 1. The van der Waals surface area contributed by atoms with Crippen molar-refractivity contribution < 1.29 is 13.9 Å². The highest BCUT2D eigenvalue weighted by Crippen LogP contribution is 2.28. The van der Waals surface area contributed by atoms with E-state index >= 15 is 0 Å². The van der Waals surface area contributed by atoms with Crippen LogP contribution in [0.15, 0.2) is 48.5 Å². The number of nitrogens with one attached hydrogen (secondary N) is 2. The van der Waals surface area contributed by atoms with Gasteiger partial charge in [0.25, 0.3) is 5.95 Å². The van der Waals surface area contributed by atoms with E-state index in [2.05, 4.69) is 25.9 Å². The molecule has 0 radical (unpaired) electrons. The van der Waals surface area contributed by atoms with E-state index in [-0.39, 0.29) is 24.0 Å². The van der Waals surface area contributed by atoms with E-state index < -0.39 is 0 Å². The molecule has 4 rings (SSSR count). The van der Waals surface area contributed by atoms with E-state index in [0.29, 0.717) is 60.6 Å². The van der Waals surface area contributed by atoms with Crippen LogP contribution in [0.4, 0.5) is 21.8 Å². The predicted molar refractivity (Wildman–Crippen MR) is 118 cm³/mol. The Morgan fingerprint density at radius 1 is 1.10 bits per heavy atom. The number of ether oxygens (including phenoxy) is 1. The lowest BCUT2D eigenvalue weighted by Crippen LogP contribution is -2.40. The summed E-state index contributed by atoms with van der Waals surface area (Å²) in [7, 11) is 0. The van der Waals surface area contributed by atoms with Crippen LogP contribution < -0.4 is 10.7 Å². The van der Waals surface area contributed by atoms with Crippen molar-refractivity contribution in [1.82, 2.24) is 20.2 Å². The molecule has 10 heteroatoms. The molecule has 2 aromatic carbocycles. The first-order valence-electron chi connectivity index (χ1n) is 9.56. The monoisotopic (exact) mass is 444 g/mol. The number of aromatic nitrogens is 3. The Labute approximate surface area is 185 Å². The number of ketones is 1. The number of rotatable bonds is 6. The smallest absolute Gasteiger partial charge is 0.259 e. The van der Waals surface area contributed by atoms with Crippen molar-refractivity contribution >= 4 is 35.6 Å². The van der Waals surface area contributed by atoms with Gasteiger partial charge in [0.05, 0.1) is 13.2 Å². The molecule has 1 aliphatic rings. The van der Waals surface area contributed by atoms with Gasteiger partial charge in [0.2, 0.25) is 0 Å². The van der Waals surface area contributed by atoms with Gasteiger partial charge in [-0.2, -0.15) is 4.98 Å². The summed E-state index contributed by atoms with van der Waals surface area (Å²) in [5.74, 6) is 0.281. The summed E-state index contributed by atoms with van der Waals surface area (Å²) >= 11 is 0. The van der Waals surface area contributed by atoms with Crippen LogP contribution in [0.3, 0.4) is 0 Å². The summed E-state index contributed by atoms with van der Waals surface area (Å²) in [6, 6.07) is 13.1. The van der Waals surface area contributed by atoms with Crippen LogP contribution in [0.25, 0.3) is 11.3 Å². The summed E-state index contributed by atoms with van der Waals surface area (Å²) in [5, 5.41) is 13.6. The van der Waals surface area contributed by atoms with Crippen molar-refractivity contribution in [3.63, 3.8) is 0 Å². The first-order valence-corrected chi connectivity index (χ1v) is 9.56. The third-order valence-electron chi connectivity index (χ3n) is 4.59. The van der Waals surface area contributed by atoms with E-state index in [1.807, 2.05) is 11.1 Å². The molecule has 31 heavy (non-hydrogen) atoms. The predicted octanol–water partition coefficient (Wildman–Crippen LogP) is 3.70. The summed E-state index contributed by atoms with van der Waals surface area (Å²) in [6.45, 7) is 4.13. The number of carbonyl (C=O) groups is 1. The number of benzene rings is 2. The highest BCUT2D eigenvalue weighted by molar-refractivity contribution is 5.95. The Morgan fingerprint density at radius 2 is 1.87 bits per heavy atom. The van der Waals surface area contributed by atoms with Gasteiger partial charge < -0.3 is 10.1 Å². The Hall–Kier alpha value is -3.14. The van der Waals surface area contributed by atoms with Crippen molar-refractivity contribution in [3.8, 4) is 11.3 Å². The summed E-state index contributed by atoms with van der Waals surface area (Å²) in [6.07, 6.45) is 0. The number of halogens is 2. The Balaban J connectivity index is 0.00000272. The van der Waals surface area contributed by atoms with E-state index in [1.165, 1.54) is 19.1 Å². The summed E-state index contributed by atoms with van der Waals surface area (Å²) < 4.78 is 19.1. The molecule has 2 heterocycles. The van der Waals surface area contributed by atoms with Crippen LogP contribution in [-0.4, -0.2) is 52.3 Å². The first kappa shape index (κ1) is 22.5.